The minimum Gasteiger partial charge on any atom is -0.268 e. The third-order valence-corrected chi connectivity index (χ3v) is 4.88. The number of halogens is 3. The zero-order valence-corrected chi connectivity index (χ0v) is 13.6. The number of nitrogens with zero attached hydrogens (tertiary/aromatic N) is 2. The summed E-state index contributed by atoms with van der Waals surface area (Å²) in [5, 5.41) is 7.33. The highest BCUT2D eigenvalue weighted by molar-refractivity contribution is 9.09. The van der Waals surface area contributed by atoms with Crippen molar-refractivity contribution in [1.82, 2.24) is 9.78 Å². The van der Waals surface area contributed by atoms with Crippen molar-refractivity contribution in [2.24, 2.45) is 5.92 Å². The molecule has 0 amide bonds. The Morgan fingerprint density at radius 3 is 2.38 bits per heavy atom. The molecule has 0 aromatic carbocycles. The van der Waals surface area contributed by atoms with E-state index in [4.69, 9.17) is 11.6 Å². The van der Waals surface area contributed by atoms with E-state index < -0.39 is 0 Å². The standard InChI is InChI=1S/C11H17Br2ClN2/c1-3-9-11(14)10(16(4-2)15-9)5-8(6-12)7-13/h8H,3-7H2,1-2H3. The molecule has 0 fully saturated rings. The van der Waals surface area contributed by atoms with Crippen LogP contribution in [0.5, 0.6) is 0 Å². The molecule has 0 bridgehead atoms. The maximum Gasteiger partial charge on any atom is 0.0849 e. The maximum absolute atomic E-state index is 6.35. The van der Waals surface area contributed by atoms with E-state index in [0.717, 1.165) is 40.8 Å². The average molecular weight is 373 g/mol. The molecule has 1 heterocycles. The van der Waals surface area contributed by atoms with Crippen LogP contribution in [0.1, 0.15) is 25.2 Å². The van der Waals surface area contributed by atoms with Gasteiger partial charge in [0.15, 0.2) is 0 Å². The van der Waals surface area contributed by atoms with Crippen molar-refractivity contribution in [3.63, 3.8) is 0 Å². The second-order valence-corrected chi connectivity index (χ2v) is 5.43. The third kappa shape index (κ3) is 3.23. The number of hydrogen-bond donors (Lipinski definition) is 0. The number of aromatic nitrogens is 2. The van der Waals surface area contributed by atoms with Gasteiger partial charge in [-0.3, -0.25) is 4.68 Å². The van der Waals surface area contributed by atoms with Gasteiger partial charge in [-0.15, -0.1) is 0 Å². The van der Waals surface area contributed by atoms with Crippen molar-refractivity contribution in [2.45, 2.75) is 33.2 Å². The van der Waals surface area contributed by atoms with Gasteiger partial charge >= 0.3 is 0 Å². The Bertz CT molecular complexity index is 335. The maximum atomic E-state index is 6.35. The minimum atomic E-state index is 0.559. The predicted molar refractivity (Wildman–Crippen MR) is 77.1 cm³/mol. The highest BCUT2D eigenvalue weighted by Crippen LogP contribution is 2.25. The Hall–Kier alpha value is 0.460. The Kier molecular flexibility index (Phi) is 6.37. The minimum absolute atomic E-state index is 0.559. The monoisotopic (exact) mass is 370 g/mol. The van der Waals surface area contributed by atoms with Gasteiger partial charge in [0.1, 0.15) is 0 Å². The fourth-order valence-electron chi connectivity index (χ4n) is 1.64. The summed E-state index contributed by atoms with van der Waals surface area (Å²) in [5.41, 5.74) is 2.19. The molecule has 0 radical (unpaired) electrons. The fourth-order valence-corrected chi connectivity index (χ4v) is 3.51. The second kappa shape index (κ2) is 7.02. The SMILES string of the molecule is CCc1nn(CC)c(CC(CBr)CBr)c1Cl. The number of alkyl halides is 2. The molecular formula is C11H17Br2ClN2. The van der Waals surface area contributed by atoms with Crippen LogP contribution in [0.2, 0.25) is 5.02 Å². The Morgan fingerprint density at radius 1 is 1.31 bits per heavy atom. The second-order valence-electron chi connectivity index (χ2n) is 3.76. The molecule has 1 rings (SSSR count). The Balaban J connectivity index is 2.96. The third-order valence-electron chi connectivity index (χ3n) is 2.61. The zero-order valence-electron chi connectivity index (χ0n) is 9.64. The lowest BCUT2D eigenvalue weighted by Crippen LogP contribution is -2.12. The smallest absolute Gasteiger partial charge is 0.0849 e. The average Bonchev–Trinajstić information content (AvgIpc) is 2.62. The molecule has 1 aromatic rings. The van der Waals surface area contributed by atoms with E-state index in [1.54, 1.807) is 0 Å². The first kappa shape index (κ1) is 14.5. The van der Waals surface area contributed by atoms with Crippen molar-refractivity contribution in [3.05, 3.63) is 16.4 Å². The molecule has 0 atom stereocenters. The first-order valence-corrected chi connectivity index (χ1v) is 8.15. The highest BCUT2D eigenvalue weighted by Gasteiger charge is 2.17. The van der Waals surface area contributed by atoms with Crippen molar-refractivity contribution in [1.29, 1.82) is 0 Å². The number of aryl methyl sites for hydroxylation is 2. The summed E-state index contributed by atoms with van der Waals surface area (Å²) in [5.74, 6) is 0.559. The van der Waals surface area contributed by atoms with Gasteiger partial charge in [0.05, 0.1) is 16.4 Å². The van der Waals surface area contributed by atoms with Crippen molar-refractivity contribution in [2.75, 3.05) is 10.7 Å². The van der Waals surface area contributed by atoms with E-state index in [0.29, 0.717) is 5.92 Å². The van der Waals surface area contributed by atoms with E-state index in [1.807, 2.05) is 4.68 Å². The number of hydrogen-bond acceptors (Lipinski definition) is 1. The lowest BCUT2D eigenvalue weighted by atomic mass is 10.1. The quantitative estimate of drug-likeness (QED) is 0.689. The lowest BCUT2D eigenvalue weighted by molar-refractivity contribution is 0.571. The Morgan fingerprint density at radius 2 is 1.94 bits per heavy atom. The molecule has 1 aromatic heterocycles. The Labute approximate surface area is 119 Å². The molecule has 0 unspecified atom stereocenters. The zero-order chi connectivity index (χ0) is 12.1. The molecule has 0 saturated carbocycles. The van der Waals surface area contributed by atoms with Crippen LogP contribution in [0.3, 0.4) is 0 Å². The summed E-state index contributed by atoms with van der Waals surface area (Å²) in [6.07, 6.45) is 1.86. The van der Waals surface area contributed by atoms with Crippen LogP contribution in [-0.2, 0) is 19.4 Å². The van der Waals surface area contributed by atoms with Gasteiger partial charge in [-0.2, -0.15) is 5.10 Å². The van der Waals surface area contributed by atoms with Crippen LogP contribution in [-0.4, -0.2) is 20.4 Å². The van der Waals surface area contributed by atoms with E-state index in [1.165, 1.54) is 5.69 Å². The summed E-state index contributed by atoms with van der Waals surface area (Å²) < 4.78 is 2.03. The van der Waals surface area contributed by atoms with Gasteiger partial charge in [-0.05, 0) is 25.7 Å². The van der Waals surface area contributed by atoms with Gasteiger partial charge in [0.2, 0.25) is 0 Å². The molecule has 2 nitrogen and oxygen atoms in total. The molecule has 16 heavy (non-hydrogen) atoms. The van der Waals surface area contributed by atoms with E-state index >= 15 is 0 Å². The number of rotatable bonds is 6. The molecular weight excluding hydrogens is 355 g/mol. The summed E-state index contributed by atoms with van der Waals surface area (Å²) in [6.45, 7) is 5.07. The van der Waals surface area contributed by atoms with Gasteiger partial charge in [0.25, 0.3) is 0 Å². The van der Waals surface area contributed by atoms with E-state index in [2.05, 4.69) is 50.8 Å². The van der Waals surface area contributed by atoms with Crippen LogP contribution >= 0.6 is 43.5 Å². The molecule has 0 aliphatic carbocycles. The fraction of sp³-hybridized carbons (Fsp3) is 0.727. The molecule has 0 aliphatic rings. The van der Waals surface area contributed by atoms with Crippen molar-refractivity contribution in [3.8, 4) is 0 Å². The van der Waals surface area contributed by atoms with E-state index in [-0.39, 0.29) is 0 Å². The summed E-state index contributed by atoms with van der Waals surface area (Å²) in [6, 6.07) is 0. The highest BCUT2D eigenvalue weighted by atomic mass is 79.9. The first-order valence-electron chi connectivity index (χ1n) is 5.53. The molecule has 5 heteroatoms. The van der Waals surface area contributed by atoms with E-state index in [9.17, 15) is 0 Å². The normalized spacial score (nSPS) is 11.4. The molecule has 0 saturated heterocycles. The first-order chi connectivity index (χ1) is 7.67. The lowest BCUT2D eigenvalue weighted by Gasteiger charge is -2.11. The summed E-state index contributed by atoms with van der Waals surface area (Å²) >= 11 is 13.4. The van der Waals surface area contributed by atoms with Crippen LogP contribution < -0.4 is 0 Å². The van der Waals surface area contributed by atoms with Gasteiger partial charge in [0, 0.05) is 17.2 Å². The predicted octanol–water partition coefficient (Wildman–Crippen LogP) is 4.07. The van der Waals surface area contributed by atoms with Crippen LogP contribution in [0, 0.1) is 5.92 Å². The van der Waals surface area contributed by atoms with Gasteiger partial charge in [-0.1, -0.05) is 50.4 Å². The van der Waals surface area contributed by atoms with Crippen molar-refractivity contribution >= 4 is 43.5 Å². The largest absolute Gasteiger partial charge is 0.268 e. The van der Waals surface area contributed by atoms with Crippen LogP contribution in [0.25, 0.3) is 0 Å². The van der Waals surface area contributed by atoms with Gasteiger partial charge in [-0.25, -0.2) is 0 Å². The van der Waals surface area contributed by atoms with Crippen LogP contribution in [0.15, 0.2) is 0 Å². The molecule has 0 aliphatic heterocycles. The summed E-state index contributed by atoms with van der Waals surface area (Å²) in [4.78, 5) is 0. The molecule has 92 valence electrons. The summed E-state index contributed by atoms with van der Waals surface area (Å²) in [7, 11) is 0. The van der Waals surface area contributed by atoms with Gasteiger partial charge < -0.3 is 0 Å². The molecule has 0 N–H and O–H groups in total. The molecule has 0 spiro atoms. The van der Waals surface area contributed by atoms with Crippen molar-refractivity contribution < 1.29 is 0 Å². The van der Waals surface area contributed by atoms with Crippen LogP contribution in [0.4, 0.5) is 0 Å². The topological polar surface area (TPSA) is 17.8 Å².